The Balaban J connectivity index is 1.49. The van der Waals surface area contributed by atoms with E-state index in [4.69, 9.17) is 0 Å². The standard InChI is InChI=1S/C21H19FN4O2/c22-17-3-1-2-14(10-17)11-20(28)26-9-6-16(13-26)18-12-19(27)25-21(24-18)15-4-7-23-8-5-15/h1-5,7-8,10,12,16H,6,9,11,13H2,(H,24,25,27)/t16-/m0/s1. The van der Waals surface area contributed by atoms with E-state index in [0.717, 1.165) is 12.0 Å². The summed E-state index contributed by atoms with van der Waals surface area (Å²) in [5, 5.41) is 0. The van der Waals surface area contributed by atoms with Crippen molar-refractivity contribution in [3.05, 3.63) is 82.3 Å². The number of aromatic nitrogens is 3. The van der Waals surface area contributed by atoms with Crippen molar-refractivity contribution in [3.63, 3.8) is 0 Å². The van der Waals surface area contributed by atoms with Crippen LogP contribution in [0.15, 0.2) is 59.7 Å². The van der Waals surface area contributed by atoms with Crippen LogP contribution < -0.4 is 5.56 Å². The smallest absolute Gasteiger partial charge is 0.251 e. The van der Waals surface area contributed by atoms with Gasteiger partial charge in [0.2, 0.25) is 5.91 Å². The molecule has 3 heterocycles. The Morgan fingerprint density at radius 1 is 1.21 bits per heavy atom. The normalized spacial score (nSPS) is 16.3. The Bertz CT molecular complexity index is 1050. The van der Waals surface area contributed by atoms with Gasteiger partial charge in [-0.15, -0.1) is 0 Å². The summed E-state index contributed by atoms with van der Waals surface area (Å²) < 4.78 is 13.3. The average Bonchev–Trinajstić information content (AvgIpc) is 3.19. The molecule has 1 aliphatic rings. The van der Waals surface area contributed by atoms with Crippen LogP contribution in [0.5, 0.6) is 0 Å². The van der Waals surface area contributed by atoms with E-state index in [1.54, 1.807) is 41.6 Å². The van der Waals surface area contributed by atoms with Crippen molar-refractivity contribution < 1.29 is 9.18 Å². The van der Waals surface area contributed by atoms with Gasteiger partial charge >= 0.3 is 0 Å². The van der Waals surface area contributed by atoms with Gasteiger partial charge in [-0.2, -0.15) is 0 Å². The summed E-state index contributed by atoms with van der Waals surface area (Å²) in [7, 11) is 0. The van der Waals surface area contributed by atoms with Crippen molar-refractivity contribution in [1.82, 2.24) is 19.9 Å². The largest absolute Gasteiger partial charge is 0.342 e. The molecule has 0 aliphatic carbocycles. The van der Waals surface area contributed by atoms with Crippen LogP contribution in [0.25, 0.3) is 11.4 Å². The van der Waals surface area contributed by atoms with Crippen molar-refractivity contribution in [2.24, 2.45) is 0 Å². The molecule has 1 atom stereocenters. The summed E-state index contributed by atoms with van der Waals surface area (Å²) in [6, 6.07) is 11.1. The lowest BCUT2D eigenvalue weighted by molar-refractivity contribution is -0.129. The topological polar surface area (TPSA) is 79.0 Å². The number of carbonyl (C=O) groups is 1. The monoisotopic (exact) mass is 378 g/mol. The van der Waals surface area contributed by atoms with Crippen LogP contribution in [-0.2, 0) is 11.2 Å². The van der Waals surface area contributed by atoms with Crippen molar-refractivity contribution in [3.8, 4) is 11.4 Å². The van der Waals surface area contributed by atoms with Crippen molar-refractivity contribution in [2.45, 2.75) is 18.8 Å². The van der Waals surface area contributed by atoms with E-state index >= 15 is 0 Å². The molecule has 1 fully saturated rings. The number of hydrogen-bond donors (Lipinski definition) is 1. The van der Waals surface area contributed by atoms with Crippen LogP contribution >= 0.6 is 0 Å². The summed E-state index contributed by atoms with van der Waals surface area (Å²) in [5.41, 5.74) is 1.90. The van der Waals surface area contributed by atoms with E-state index in [-0.39, 0.29) is 29.6 Å². The number of H-pyrrole nitrogens is 1. The number of nitrogens with zero attached hydrogens (tertiary/aromatic N) is 3. The summed E-state index contributed by atoms with van der Waals surface area (Å²) in [5.74, 6) is 0.0991. The highest BCUT2D eigenvalue weighted by atomic mass is 19.1. The Hall–Kier alpha value is -3.35. The Morgan fingerprint density at radius 2 is 2.04 bits per heavy atom. The average molecular weight is 378 g/mol. The zero-order chi connectivity index (χ0) is 19.5. The highest BCUT2D eigenvalue weighted by Gasteiger charge is 2.28. The number of carbonyl (C=O) groups excluding carboxylic acids is 1. The molecule has 0 unspecified atom stereocenters. The minimum Gasteiger partial charge on any atom is -0.342 e. The predicted molar refractivity (Wildman–Crippen MR) is 102 cm³/mol. The van der Waals surface area contributed by atoms with E-state index in [1.807, 2.05) is 0 Å². The predicted octanol–water partition coefficient (Wildman–Crippen LogP) is 2.53. The van der Waals surface area contributed by atoms with Gasteiger partial charge in [-0.3, -0.25) is 14.6 Å². The second kappa shape index (κ2) is 7.72. The molecule has 2 aromatic heterocycles. The molecule has 6 nitrogen and oxygen atoms in total. The van der Waals surface area contributed by atoms with Gasteiger partial charge in [0.15, 0.2) is 0 Å². The summed E-state index contributed by atoms with van der Waals surface area (Å²) in [6.07, 6.45) is 4.19. The molecule has 3 aromatic rings. The first-order valence-electron chi connectivity index (χ1n) is 9.12. The number of rotatable bonds is 4. The van der Waals surface area contributed by atoms with Crippen LogP contribution in [-0.4, -0.2) is 38.8 Å². The molecule has 1 aromatic carbocycles. The lowest BCUT2D eigenvalue weighted by atomic mass is 10.0. The number of benzene rings is 1. The third-order valence-corrected chi connectivity index (χ3v) is 4.92. The number of pyridine rings is 1. The molecule has 1 saturated heterocycles. The molecule has 7 heteroatoms. The highest BCUT2D eigenvalue weighted by molar-refractivity contribution is 5.79. The number of halogens is 1. The Kier molecular flexibility index (Phi) is 4.97. The van der Waals surface area contributed by atoms with E-state index in [1.165, 1.54) is 18.2 Å². The van der Waals surface area contributed by atoms with Gasteiger partial charge < -0.3 is 9.88 Å². The molecular formula is C21H19FN4O2. The molecule has 0 spiro atoms. The second-order valence-corrected chi connectivity index (χ2v) is 6.89. The van der Waals surface area contributed by atoms with Crippen LogP contribution in [0.1, 0.15) is 23.6 Å². The summed E-state index contributed by atoms with van der Waals surface area (Å²) in [4.78, 5) is 37.8. The van der Waals surface area contributed by atoms with E-state index < -0.39 is 0 Å². The van der Waals surface area contributed by atoms with Gasteiger partial charge in [0.25, 0.3) is 5.56 Å². The third-order valence-electron chi connectivity index (χ3n) is 4.92. The minimum absolute atomic E-state index is 0.000605. The molecule has 0 bridgehead atoms. The number of amides is 1. The summed E-state index contributed by atoms with van der Waals surface area (Å²) in [6.45, 7) is 1.10. The van der Waals surface area contributed by atoms with E-state index in [2.05, 4.69) is 15.0 Å². The van der Waals surface area contributed by atoms with Crippen molar-refractivity contribution >= 4 is 5.91 Å². The first-order valence-corrected chi connectivity index (χ1v) is 9.12. The number of nitrogens with one attached hydrogen (secondary N) is 1. The molecule has 0 radical (unpaired) electrons. The zero-order valence-corrected chi connectivity index (χ0v) is 15.1. The Labute approximate surface area is 161 Å². The molecule has 1 N–H and O–H groups in total. The van der Waals surface area contributed by atoms with Gasteiger partial charge in [0.1, 0.15) is 11.6 Å². The van der Waals surface area contributed by atoms with E-state index in [9.17, 15) is 14.0 Å². The molecule has 4 rings (SSSR count). The van der Waals surface area contributed by atoms with Crippen molar-refractivity contribution in [1.29, 1.82) is 0 Å². The molecule has 28 heavy (non-hydrogen) atoms. The zero-order valence-electron chi connectivity index (χ0n) is 15.1. The van der Waals surface area contributed by atoms with Crippen LogP contribution in [0.3, 0.4) is 0 Å². The first-order chi connectivity index (χ1) is 13.6. The third kappa shape index (κ3) is 3.98. The van der Waals surface area contributed by atoms with Gasteiger partial charge in [-0.1, -0.05) is 12.1 Å². The number of likely N-dealkylation sites (tertiary alicyclic amines) is 1. The fraction of sp³-hybridized carbons (Fsp3) is 0.238. The SMILES string of the molecule is O=C(Cc1cccc(F)c1)N1CC[C@H](c2cc(=O)[nH]c(-c3ccncc3)n2)C1. The number of hydrogen-bond acceptors (Lipinski definition) is 4. The fourth-order valence-corrected chi connectivity index (χ4v) is 3.49. The molecule has 1 amide bonds. The summed E-state index contributed by atoms with van der Waals surface area (Å²) >= 11 is 0. The maximum absolute atomic E-state index is 13.3. The molecular weight excluding hydrogens is 359 g/mol. The number of aromatic amines is 1. The Morgan fingerprint density at radius 3 is 2.82 bits per heavy atom. The van der Waals surface area contributed by atoms with Gasteiger partial charge in [-0.25, -0.2) is 9.37 Å². The molecule has 1 aliphatic heterocycles. The highest BCUT2D eigenvalue weighted by Crippen LogP contribution is 2.27. The van der Waals surface area contributed by atoms with Gasteiger partial charge in [0, 0.05) is 43.0 Å². The lowest BCUT2D eigenvalue weighted by Crippen LogP contribution is -2.30. The van der Waals surface area contributed by atoms with E-state index in [0.29, 0.717) is 30.2 Å². The lowest BCUT2D eigenvalue weighted by Gasteiger charge is -2.17. The van der Waals surface area contributed by atoms with Crippen LogP contribution in [0.4, 0.5) is 4.39 Å². The maximum Gasteiger partial charge on any atom is 0.251 e. The van der Waals surface area contributed by atoms with Gasteiger partial charge in [-0.05, 0) is 36.2 Å². The second-order valence-electron chi connectivity index (χ2n) is 6.89. The quantitative estimate of drug-likeness (QED) is 0.757. The fourth-order valence-electron chi connectivity index (χ4n) is 3.49. The van der Waals surface area contributed by atoms with Gasteiger partial charge in [0.05, 0.1) is 12.1 Å². The minimum atomic E-state index is -0.346. The molecule has 142 valence electrons. The molecule has 0 saturated carbocycles. The van der Waals surface area contributed by atoms with Crippen LogP contribution in [0.2, 0.25) is 0 Å². The van der Waals surface area contributed by atoms with Crippen molar-refractivity contribution in [2.75, 3.05) is 13.1 Å². The van der Waals surface area contributed by atoms with Crippen LogP contribution in [0, 0.1) is 5.82 Å². The first kappa shape index (κ1) is 18.0. The maximum atomic E-state index is 13.3.